The lowest BCUT2D eigenvalue weighted by atomic mass is 10.1. The van der Waals surface area contributed by atoms with Crippen LogP contribution < -0.4 is 10.5 Å². The van der Waals surface area contributed by atoms with Crippen LogP contribution in [0.5, 0.6) is 5.75 Å². The molecule has 0 fully saturated rings. The summed E-state index contributed by atoms with van der Waals surface area (Å²) < 4.78 is 19.1. The standard InChI is InChI=1S/C16H19FN2O/c1-19(10-12-7-8-14(18)9-15(12)17)11-13-5-3-4-6-16(13)20-2/h3-9H,10-11,18H2,1-2H3. The van der Waals surface area contributed by atoms with Gasteiger partial charge in [0.05, 0.1) is 7.11 Å². The molecule has 0 radical (unpaired) electrons. The molecule has 20 heavy (non-hydrogen) atoms. The van der Waals surface area contributed by atoms with Crippen LogP contribution in [0.2, 0.25) is 0 Å². The Balaban J connectivity index is 2.07. The third-order valence-corrected chi connectivity index (χ3v) is 3.15. The average Bonchev–Trinajstić information content (AvgIpc) is 2.42. The average molecular weight is 274 g/mol. The highest BCUT2D eigenvalue weighted by molar-refractivity contribution is 5.40. The number of benzene rings is 2. The Labute approximate surface area is 118 Å². The monoisotopic (exact) mass is 274 g/mol. The number of rotatable bonds is 5. The molecule has 0 aromatic heterocycles. The molecule has 2 aromatic carbocycles. The number of hydrogen-bond donors (Lipinski definition) is 1. The Morgan fingerprint density at radius 3 is 2.50 bits per heavy atom. The SMILES string of the molecule is COc1ccccc1CN(C)Cc1ccc(N)cc1F. The van der Waals surface area contributed by atoms with Crippen molar-refractivity contribution >= 4 is 5.69 Å². The highest BCUT2D eigenvalue weighted by atomic mass is 19.1. The first-order valence-corrected chi connectivity index (χ1v) is 6.44. The molecule has 0 amide bonds. The Morgan fingerprint density at radius 1 is 1.10 bits per heavy atom. The van der Waals surface area contributed by atoms with E-state index < -0.39 is 0 Å². The van der Waals surface area contributed by atoms with Gasteiger partial charge in [0.15, 0.2) is 0 Å². The van der Waals surface area contributed by atoms with E-state index in [0.717, 1.165) is 11.3 Å². The van der Waals surface area contributed by atoms with Crippen LogP contribution in [0.1, 0.15) is 11.1 Å². The predicted molar refractivity (Wildman–Crippen MR) is 79.0 cm³/mol. The summed E-state index contributed by atoms with van der Waals surface area (Å²) in [4.78, 5) is 2.03. The molecular formula is C16H19FN2O. The molecule has 0 heterocycles. The van der Waals surface area contributed by atoms with Crippen molar-refractivity contribution in [1.82, 2.24) is 4.90 Å². The van der Waals surface area contributed by atoms with Gasteiger partial charge in [-0.15, -0.1) is 0 Å². The van der Waals surface area contributed by atoms with Crippen molar-refractivity contribution in [2.45, 2.75) is 13.1 Å². The number of nitrogens with two attached hydrogens (primary N) is 1. The van der Waals surface area contributed by atoms with Crippen molar-refractivity contribution < 1.29 is 9.13 Å². The third kappa shape index (κ3) is 3.48. The molecule has 0 aliphatic carbocycles. The molecular weight excluding hydrogens is 255 g/mol. The maximum Gasteiger partial charge on any atom is 0.129 e. The minimum atomic E-state index is -0.267. The molecule has 0 saturated heterocycles. The molecule has 0 saturated carbocycles. The summed E-state index contributed by atoms with van der Waals surface area (Å²) in [7, 11) is 3.60. The van der Waals surface area contributed by atoms with Gasteiger partial charge in [-0.3, -0.25) is 4.90 Å². The van der Waals surface area contributed by atoms with Gasteiger partial charge in [0.2, 0.25) is 0 Å². The maximum atomic E-state index is 13.8. The van der Waals surface area contributed by atoms with Crippen molar-refractivity contribution in [3.8, 4) is 5.75 Å². The highest BCUT2D eigenvalue weighted by Gasteiger charge is 2.09. The fourth-order valence-corrected chi connectivity index (χ4v) is 2.16. The van der Waals surface area contributed by atoms with Crippen LogP contribution in [-0.2, 0) is 13.1 Å². The second kappa shape index (κ2) is 6.39. The second-order valence-corrected chi connectivity index (χ2v) is 4.83. The van der Waals surface area contributed by atoms with E-state index in [1.165, 1.54) is 6.07 Å². The van der Waals surface area contributed by atoms with E-state index in [0.29, 0.717) is 24.3 Å². The molecule has 106 valence electrons. The van der Waals surface area contributed by atoms with Crippen LogP contribution >= 0.6 is 0 Å². The van der Waals surface area contributed by atoms with Gasteiger partial charge in [0.1, 0.15) is 11.6 Å². The van der Waals surface area contributed by atoms with E-state index in [4.69, 9.17) is 10.5 Å². The maximum absolute atomic E-state index is 13.8. The molecule has 2 N–H and O–H groups in total. The molecule has 4 heteroatoms. The van der Waals surface area contributed by atoms with E-state index in [2.05, 4.69) is 0 Å². The number of para-hydroxylation sites is 1. The number of ether oxygens (including phenoxy) is 1. The topological polar surface area (TPSA) is 38.5 Å². The third-order valence-electron chi connectivity index (χ3n) is 3.15. The van der Waals surface area contributed by atoms with E-state index in [-0.39, 0.29) is 5.82 Å². The zero-order valence-electron chi connectivity index (χ0n) is 11.8. The first-order chi connectivity index (χ1) is 9.60. The Kier molecular flexibility index (Phi) is 4.58. The molecule has 3 nitrogen and oxygen atoms in total. The van der Waals surface area contributed by atoms with E-state index in [1.807, 2.05) is 36.2 Å². The Morgan fingerprint density at radius 2 is 1.80 bits per heavy atom. The lowest BCUT2D eigenvalue weighted by molar-refractivity contribution is 0.305. The van der Waals surface area contributed by atoms with Crippen LogP contribution in [0.3, 0.4) is 0 Å². The number of anilines is 1. The summed E-state index contributed by atoms with van der Waals surface area (Å²) in [6.07, 6.45) is 0. The molecule has 2 rings (SSSR count). The fraction of sp³-hybridized carbons (Fsp3) is 0.250. The number of nitrogens with zero attached hydrogens (tertiary/aromatic N) is 1. The summed E-state index contributed by atoms with van der Waals surface area (Å²) in [5.41, 5.74) is 7.71. The predicted octanol–water partition coefficient (Wildman–Crippen LogP) is 3.05. The lowest BCUT2D eigenvalue weighted by Gasteiger charge is -2.19. The molecule has 0 unspecified atom stereocenters. The summed E-state index contributed by atoms with van der Waals surface area (Å²) in [6.45, 7) is 1.21. The number of methoxy groups -OCH3 is 1. The zero-order chi connectivity index (χ0) is 14.5. The zero-order valence-corrected chi connectivity index (χ0v) is 11.8. The number of nitrogen functional groups attached to an aromatic ring is 1. The molecule has 0 bridgehead atoms. The van der Waals surface area contributed by atoms with Crippen molar-refractivity contribution in [1.29, 1.82) is 0 Å². The van der Waals surface area contributed by atoms with Crippen LogP contribution in [0.25, 0.3) is 0 Å². The van der Waals surface area contributed by atoms with Gasteiger partial charge < -0.3 is 10.5 Å². The molecule has 0 spiro atoms. The van der Waals surface area contributed by atoms with Crippen molar-refractivity contribution in [2.75, 3.05) is 19.9 Å². The Bertz CT molecular complexity index is 586. The normalized spacial score (nSPS) is 10.8. The molecule has 2 aromatic rings. The van der Waals surface area contributed by atoms with Gasteiger partial charge in [-0.1, -0.05) is 24.3 Å². The second-order valence-electron chi connectivity index (χ2n) is 4.83. The first kappa shape index (κ1) is 14.3. The first-order valence-electron chi connectivity index (χ1n) is 6.44. The van der Waals surface area contributed by atoms with E-state index in [9.17, 15) is 4.39 Å². The summed E-state index contributed by atoms with van der Waals surface area (Å²) in [6, 6.07) is 12.6. The van der Waals surface area contributed by atoms with Crippen LogP contribution in [0.4, 0.5) is 10.1 Å². The quantitative estimate of drug-likeness (QED) is 0.852. The number of hydrogen-bond acceptors (Lipinski definition) is 3. The van der Waals surface area contributed by atoms with Crippen molar-refractivity contribution in [3.63, 3.8) is 0 Å². The van der Waals surface area contributed by atoms with Gasteiger partial charge in [-0.25, -0.2) is 4.39 Å². The minimum absolute atomic E-state index is 0.267. The Hall–Kier alpha value is -2.07. The van der Waals surface area contributed by atoms with Gasteiger partial charge in [0.25, 0.3) is 0 Å². The minimum Gasteiger partial charge on any atom is -0.496 e. The summed E-state index contributed by atoms with van der Waals surface area (Å²) in [5, 5.41) is 0. The highest BCUT2D eigenvalue weighted by Crippen LogP contribution is 2.20. The molecule has 0 aliphatic rings. The van der Waals surface area contributed by atoms with E-state index in [1.54, 1.807) is 19.2 Å². The molecule has 0 atom stereocenters. The van der Waals surface area contributed by atoms with Crippen LogP contribution in [-0.4, -0.2) is 19.1 Å². The van der Waals surface area contributed by atoms with Crippen molar-refractivity contribution in [3.05, 3.63) is 59.4 Å². The van der Waals surface area contributed by atoms with Crippen molar-refractivity contribution in [2.24, 2.45) is 0 Å². The summed E-state index contributed by atoms with van der Waals surface area (Å²) in [5.74, 6) is 0.578. The van der Waals surface area contributed by atoms with Gasteiger partial charge in [-0.2, -0.15) is 0 Å². The van der Waals surface area contributed by atoms with Gasteiger partial charge in [-0.05, 0) is 25.2 Å². The van der Waals surface area contributed by atoms with Crippen LogP contribution in [0.15, 0.2) is 42.5 Å². The van der Waals surface area contributed by atoms with Gasteiger partial charge in [0, 0.05) is 29.9 Å². The fourth-order valence-electron chi connectivity index (χ4n) is 2.16. The van der Waals surface area contributed by atoms with Gasteiger partial charge >= 0.3 is 0 Å². The largest absolute Gasteiger partial charge is 0.496 e. The summed E-state index contributed by atoms with van der Waals surface area (Å²) >= 11 is 0. The lowest BCUT2D eigenvalue weighted by Crippen LogP contribution is -2.18. The molecule has 0 aliphatic heterocycles. The smallest absolute Gasteiger partial charge is 0.129 e. The van der Waals surface area contributed by atoms with Crippen LogP contribution in [0, 0.1) is 5.82 Å². The van der Waals surface area contributed by atoms with E-state index >= 15 is 0 Å². The number of halogens is 1.